The van der Waals surface area contributed by atoms with Gasteiger partial charge in [-0.15, -0.1) is 9.42 Å². The predicted molar refractivity (Wildman–Crippen MR) is 82.1 cm³/mol. The van der Waals surface area contributed by atoms with Crippen LogP contribution in [0.15, 0.2) is 42.6 Å². The van der Waals surface area contributed by atoms with Gasteiger partial charge in [0.25, 0.3) is 0 Å². The minimum atomic E-state index is -2.61. The Kier molecular flexibility index (Phi) is 4.48. The van der Waals surface area contributed by atoms with E-state index in [0.717, 1.165) is 25.1 Å². The quantitative estimate of drug-likeness (QED) is 0.678. The predicted octanol–water partition coefficient (Wildman–Crippen LogP) is 3.26. The van der Waals surface area contributed by atoms with Gasteiger partial charge in [0.15, 0.2) is 5.78 Å². The van der Waals surface area contributed by atoms with Crippen LogP contribution >= 0.6 is 8.25 Å². The van der Waals surface area contributed by atoms with Crippen molar-refractivity contribution in [2.45, 2.75) is 25.3 Å². The van der Waals surface area contributed by atoms with Gasteiger partial charge in [-0.25, -0.2) is 0 Å². The molecule has 0 amide bonds. The zero-order chi connectivity index (χ0) is 15.5. The Morgan fingerprint density at radius 1 is 1.32 bits per heavy atom. The molecule has 1 aromatic carbocycles. The number of ketones is 1. The summed E-state index contributed by atoms with van der Waals surface area (Å²) in [5, 5.41) is 0. The molecule has 1 aliphatic heterocycles. The van der Waals surface area contributed by atoms with E-state index in [1.807, 2.05) is 30.5 Å². The third kappa shape index (κ3) is 3.02. The molecule has 0 bridgehead atoms. The number of hydrogen-bond acceptors (Lipinski definition) is 3. The van der Waals surface area contributed by atoms with Crippen LogP contribution in [0.1, 0.15) is 40.4 Å². The van der Waals surface area contributed by atoms with Crippen LogP contribution in [0.25, 0.3) is 0 Å². The molecule has 2 heterocycles. The average Bonchev–Trinajstić information content (AvgIpc) is 2.97. The maximum Gasteiger partial charge on any atom is 0.694 e. The van der Waals surface area contributed by atoms with Crippen LogP contribution in [0.4, 0.5) is 0 Å². The fourth-order valence-electron chi connectivity index (χ4n) is 3.03. The van der Waals surface area contributed by atoms with Crippen molar-refractivity contribution in [1.82, 2.24) is 4.57 Å². The normalized spacial score (nSPS) is 17.9. The van der Waals surface area contributed by atoms with Gasteiger partial charge in [-0.1, -0.05) is 30.3 Å². The van der Waals surface area contributed by atoms with E-state index < -0.39 is 8.25 Å². The number of rotatable bonds is 5. The third-order valence-corrected chi connectivity index (χ3v) is 4.38. The summed E-state index contributed by atoms with van der Waals surface area (Å²) in [7, 11) is -2.61. The lowest BCUT2D eigenvalue weighted by atomic mass is 9.91. The first-order chi connectivity index (χ1) is 10.7. The molecule has 3 rings (SSSR count). The Hall–Kier alpha value is -1.81. The summed E-state index contributed by atoms with van der Waals surface area (Å²) in [6.45, 7) is 1.02. The van der Waals surface area contributed by atoms with Crippen molar-refractivity contribution in [2.24, 2.45) is 0 Å². The van der Waals surface area contributed by atoms with Crippen LogP contribution in [0.5, 0.6) is 0 Å². The molecule has 0 radical (unpaired) electrons. The number of fused-ring (bicyclic) bond motifs is 1. The second-order valence-electron chi connectivity index (χ2n) is 5.38. The summed E-state index contributed by atoms with van der Waals surface area (Å²) >= 11 is 0. The van der Waals surface area contributed by atoms with E-state index in [-0.39, 0.29) is 18.3 Å². The van der Waals surface area contributed by atoms with Crippen molar-refractivity contribution in [1.29, 1.82) is 0 Å². The zero-order valence-electron chi connectivity index (χ0n) is 12.0. The molecular weight excluding hydrogens is 301 g/mol. The first-order valence-electron chi connectivity index (χ1n) is 7.24. The highest BCUT2D eigenvalue weighted by Gasteiger charge is 2.29. The van der Waals surface area contributed by atoms with Crippen molar-refractivity contribution in [3.63, 3.8) is 0 Å². The van der Waals surface area contributed by atoms with Crippen LogP contribution in [-0.4, -0.2) is 21.9 Å². The first-order valence-corrected chi connectivity index (χ1v) is 8.37. The van der Waals surface area contributed by atoms with E-state index in [2.05, 4.69) is 4.57 Å². The average molecular weight is 318 g/mol. The molecule has 2 atom stereocenters. The van der Waals surface area contributed by atoms with Gasteiger partial charge in [0.05, 0.1) is 0 Å². The van der Waals surface area contributed by atoms with Crippen LogP contribution in [-0.2, 0) is 15.6 Å². The van der Waals surface area contributed by atoms with Crippen LogP contribution in [0.2, 0.25) is 0 Å². The zero-order valence-corrected chi connectivity index (χ0v) is 12.9. The molecular formula is C16H17NO4P+. The Balaban J connectivity index is 1.92. The Morgan fingerprint density at radius 3 is 2.82 bits per heavy atom. The highest BCUT2D eigenvalue weighted by Crippen LogP contribution is 2.34. The van der Waals surface area contributed by atoms with Gasteiger partial charge in [-0.05, 0) is 18.9 Å². The summed E-state index contributed by atoms with van der Waals surface area (Å²) in [5.41, 5.74) is 2.22. The first kappa shape index (κ1) is 15.1. The molecule has 0 aliphatic carbocycles. The van der Waals surface area contributed by atoms with Gasteiger partial charge in [0.2, 0.25) is 0 Å². The number of carbonyl (C=O) groups is 1. The van der Waals surface area contributed by atoms with Crippen molar-refractivity contribution >= 4 is 14.0 Å². The van der Waals surface area contributed by atoms with Crippen molar-refractivity contribution < 1.29 is 18.8 Å². The molecule has 114 valence electrons. The van der Waals surface area contributed by atoms with Crippen LogP contribution < -0.4 is 0 Å². The summed E-state index contributed by atoms with van der Waals surface area (Å²) in [4.78, 5) is 21.6. The fourth-order valence-corrected chi connectivity index (χ4v) is 3.34. The van der Waals surface area contributed by atoms with Crippen molar-refractivity contribution in [2.75, 3.05) is 6.61 Å². The fraction of sp³-hybridized carbons (Fsp3) is 0.312. The maximum absolute atomic E-state index is 12.7. The van der Waals surface area contributed by atoms with E-state index in [1.54, 1.807) is 12.1 Å². The van der Waals surface area contributed by atoms with Gasteiger partial charge in [0, 0.05) is 40.0 Å². The second-order valence-corrected chi connectivity index (χ2v) is 6.11. The SMILES string of the molecule is O=C(c1ccccc1)c1ccn2c1C(CO[P+](=O)O)CCC2. The molecule has 1 N–H and O–H groups in total. The monoisotopic (exact) mass is 318 g/mol. The van der Waals surface area contributed by atoms with E-state index >= 15 is 0 Å². The van der Waals surface area contributed by atoms with Crippen LogP contribution in [0, 0.1) is 0 Å². The molecule has 0 fully saturated rings. The minimum Gasteiger partial charge on any atom is -0.350 e. The molecule has 6 heteroatoms. The lowest BCUT2D eigenvalue weighted by molar-refractivity contribution is 0.103. The lowest BCUT2D eigenvalue weighted by Crippen LogP contribution is -2.20. The summed E-state index contributed by atoms with van der Waals surface area (Å²) in [6, 6.07) is 11.0. The number of benzene rings is 1. The van der Waals surface area contributed by atoms with E-state index in [1.165, 1.54) is 0 Å². The van der Waals surface area contributed by atoms with E-state index in [0.29, 0.717) is 11.1 Å². The number of aryl methyl sites for hydroxylation is 1. The van der Waals surface area contributed by atoms with Crippen molar-refractivity contribution in [3.05, 3.63) is 59.4 Å². The number of aromatic nitrogens is 1. The van der Waals surface area contributed by atoms with Gasteiger partial charge in [0.1, 0.15) is 6.61 Å². The molecule has 2 aromatic rings. The Bertz CT molecular complexity index is 695. The largest absolute Gasteiger partial charge is 0.694 e. The summed E-state index contributed by atoms with van der Waals surface area (Å²) < 4.78 is 17.7. The maximum atomic E-state index is 12.7. The molecule has 1 aromatic heterocycles. The Morgan fingerprint density at radius 2 is 2.09 bits per heavy atom. The highest BCUT2D eigenvalue weighted by atomic mass is 31.1. The van der Waals surface area contributed by atoms with Gasteiger partial charge in [-0.3, -0.25) is 4.79 Å². The van der Waals surface area contributed by atoms with E-state index in [4.69, 9.17) is 9.42 Å². The molecule has 5 nitrogen and oxygen atoms in total. The minimum absolute atomic E-state index is 0.0189. The molecule has 22 heavy (non-hydrogen) atoms. The Labute approximate surface area is 129 Å². The molecule has 1 aliphatic rings. The number of hydrogen-bond donors (Lipinski definition) is 1. The van der Waals surface area contributed by atoms with Crippen molar-refractivity contribution in [3.8, 4) is 0 Å². The lowest BCUT2D eigenvalue weighted by Gasteiger charge is -2.24. The smallest absolute Gasteiger partial charge is 0.350 e. The third-order valence-electron chi connectivity index (χ3n) is 4.01. The van der Waals surface area contributed by atoms with E-state index in [9.17, 15) is 9.36 Å². The standard InChI is InChI=1S/C16H16NO4P/c18-16(12-5-2-1-3-6-12)14-8-10-17-9-4-7-13(15(14)17)11-21-22(19)20/h1-3,5-6,8,10,13H,4,7,9,11H2/p+1. The molecule has 2 unspecified atom stereocenters. The van der Waals surface area contributed by atoms with Gasteiger partial charge in [-0.2, -0.15) is 0 Å². The van der Waals surface area contributed by atoms with Gasteiger partial charge < -0.3 is 4.57 Å². The second kappa shape index (κ2) is 6.53. The molecule has 0 saturated heterocycles. The van der Waals surface area contributed by atoms with Gasteiger partial charge >= 0.3 is 8.25 Å². The summed E-state index contributed by atoms with van der Waals surface area (Å²) in [6.07, 6.45) is 3.73. The molecule has 0 saturated carbocycles. The molecule has 0 spiro atoms. The highest BCUT2D eigenvalue weighted by molar-refractivity contribution is 7.32. The number of carbonyl (C=O) groups excluding carboxylic acids is 1. The summed E-state index contributed by atoms with van der Waals surface area (Å²) in [5.74, 6) is -0.0489. The topological polar surface area (TPSA) is 68.5 Å². The number of nitrogens with zero attached hydrogens (tertiary/aromatic N) is 1. The van der Waals surface area contributed by atoms with Crippen LogP contribution in [0.3, 0.4) is 0 Å².